The van der Waals surface area contributed by atoms with E-state index in [-0.39, 0.29) is 18.1 Å². The second-order valence-corrected chi connectivity index (χ2v) is 7.80. The molecule has 2 N–H and O–H groups in total. The molecule has 0 radical (unpaired) electrons. The van der Waals surface area contributed by atoms with E-state index in [9.17, 15) is 20.0 Å². The van der Waals surface area contributed by atoms with Crippen LogP contribution in [0.1, 0.15) is 41.7 Å². The van der Waals surface area contributed by atoms with Crippen molar-refractivity contribution in [2.24, 2.45) is 11.8 Å². The molecule has 1 aliphatic carbocycles. The summed E-state index contributed by atoms with van der Waals surface area (Å²) < 4.78 is 5.65. The number of ether oxygens (including phenoxy) is 1. The lowest BCUT2D eigenvalue weighted by Gasteiger charge is -2.23. The zero-order chi connectivity index (χ0) is 16.8. The Morgan fingerprint density at radius 1 is 1.21 bits per heavy atom. The number of thiophene rings is 1. The van der Waals surface area contributed by atoms with Gasteiger partial charge in [-0.1, -0.05) is 0 Å². The van der Waals surface area contributed by atoms with E-state index in [2.05, 4.69) is 11.4 Å². The van der Waals surface area contributed by atoms with Gasteiger partial charge in [0.25, 0.3) is 0 Å². The molecular formula is C17H18N2O4S. The Morgan fingerprint density at radius 3 is 2.62 bits per heavy atom. The Morgan fingerprint density at radius 2 is 1.92 bits per heavy atom. The summed E-state index contributed by atoms with van der Waals surface area (Å²) in [7, 11) is 0. The average molecular weight is 346 g/mol. The number of nitrogens with zero attached hydrogens (tertiary/aromatic N) is 1. The number of nitriles is 1. The molecule has 2 bridgehead atoms. The molecule has 3 heterocycles. The number of anilines is 1. The molecule has 2 fully saturated rings. The zero-order valence-electron chi connectivity index (χ0n) is 13.1. The highest BCUT2D eigenvalue weighted by molar-refractivity contribution is 7.16. The Kier molecular flexibility index (Phi) is 3.82. The summed E-state index contributed by atoms with van der Waals surface area (Å²) in [5.74, 6) is -2.77. The molecule has 2 saturated heterocycles. The van der Waals surface area contributed by atoms with Crippen LogP contribution >= 0.6 is 11.3 Å². The molecule has 1 aromatic heterocycles. The highest BCUT2D eigenvalue weighted by Crippen LogP contribution is 2.45. The number of aliphatic carboxylic acids is 1. The first kappa shape index (κ1) is 15.6. The minimum Gasteiger partial charge on any atom is -0.481 e. The van der Waals surface area contributed by atoms with Crippen LogP contribution in [0.25, 0.3) is 0 Å². The summed E-state index contributed by atoms with van der Waals surface area (Å²) >= 11 is 1.46. The van der Waals surface area contributed by atoms with Gasteiger partial charge in [0, 0.05) is 4.88 Å². The second-order valence-electron chi connectivity index (χ2n) is 6.70. The molecular weight excluding hydrogens is 328 g/mol. The Labute approximate surface area is 143 Å². The van der Waals surface area contributed by atoms with Gasteiger partial charge in [0.15, 0.2) is 0 Å². The lowest BCUT2D eigenvalue weighted by molar-refractivity contribution is -0.147. The summed E-state index contributed by atoms with van der Waals surface area (Å²) in [6.45, 7) is 0. The van der Waals surface area contributed by atoms with Gasteiger partial charge in [-0.25, -0.2) is 0 Å². The number of amides is 1. The molecule has 24 heavy (non-hydrogen) atoms. The third-order valence-electron chi connectivity index (χ3n) is 5.38. The molecule has 7 heteroatoms. The third kappa shape index (κ3) is 2.33. The predicted molar refractivity (Wildman–Crippen MR) is 86.8 cm³/mol. The molecule has 6 nitrogen and oxygen atoms in total. The van der Waals surface area contributed by atoms with Gasteiger partial charge in [0.2, 0.25) is 5.91 Å². The summed E-state index contributed by atoms with van der Waals surface area (Å²) in [4.78, 5) is 25.4. The smallest absolute Gasteiger partial charge is 0.310 e. The number of carbonyl (C=O) groups is 2. The van der Waals surface area contributed by atoms with Crippen molar-refractivity contribution in [3.05, 3.63) is 16.0 Å². The fourth-order valence-corrected chi connectivity index (χ4v) is 5.53. The number of rotatable bonds is 3. The van der Waals surface area contributed by atoms with Crippen molar-refractivity contribution in [1.29, 1.82) is 5.26 Å². The fraction of sp³-hybridized carbons (Fsp3) is 0.588. The van der Waals surface area contributed by atoms with Gasteiger partial charge in [-0.05, 0) is 44.1 Å². The van der Waals surface area contributed by atoms with E-state index in [0.29, 0.717) is 17.0 Å². The van der Waals surface area contributed by atoms with E-state index in [1.165, 1.54) is 16.2 Å². The number of carbonyl (C=O) groups excluding carboxylic acids is 1. The highest BCUT2D eigenvalue weighted by Gasteiger charge is 2.55. The maximum Gasteiger partial charge on any atom is 0.310 e. The van der Waals surface area contributed by atoms with Crippen LogP contribution in [0.2, 0.25) is 0 Å². The Hall–Kier alpha value is -1.91. The number of fused-ring (bicyclic) bond motifs is 3. The highest BCUT2D eigenvalue weighted by atomic mass is 32.1. The van der Waals surface area contributed by atoms with Gasteiger partial charge in [-0.2, -0.15) is 5.26 Å². The second kappa shape index (κ2) is 5.87. The van der Waals surface area contributed by atoms with E-state index < -0.39 is 17.8 Å². The number of aryl methyl sites for hydroxylation is 1. The number of hydrogen-bond donors (Lipinski definition) is 2. The van der Waals surface area contributed by atoms with Crippen molar-refractivity contribution >= 4 is 28.2 Å². The molecule has 3 aliphatic rings. The lowest BCUT2D eigenvalue weighted by atomic mass is 9.78. The number of hydrogen-bond acceptors (Lipinski definition) is 5. The zero-order valence-corrected chi connectivity index (χ0v) is 13.9. The number of carboxylic acids is 1. The normalized spacial score (nSPS) is 30.6. The Balaban J connectivity index is 1.60. The summed E-state index contributed by atoms with van der Waals surface area (Å²) in [6.07, 6.45) is 4.71. The molecule has 0 saturated carbocycles. The van der Waals surface area contributed by atoms with Crippen LogP contribution in [0, 0.1) is 23.2 Å². The molecule has 2 aliphatic heterocycles. The van der Waals surface area contributed by atoms with Crippen LogP contribution < -0.4 is 5.32 Å². The lowest BCUT2D eigenvalue weighted by Crippen LogP contribution is -2.40. The Bertz CT molecular complexity index is 751. The van der Waals surface area contributed by atoms with Gasteiger partial charge in [0.05, 0.1) is 29.6 Å². The maximum absolute atomic E-state index is 12.7. The minimum atomic E-state index is -0.978. The monoisotopic (exact) mass is 346 g/mol. The molecule has 0 aromatic carbocycles. The molecule has 4 atom stereocenters. The standard InChI is InChI=1S/C17H18N2O4S/c18-7-9-8-3-1-2-4-12(8)24-16(9)19-15(20)13-10-5-6-11(23-10)14(13)17(21)22/h10-11,13-14H,1-6H2,(H,19,20)(H,21,22)/t10-,11+,13-,14+/m1/s1. The van der Waals surface area contributed by atoms with E-state index in [0.717, 1.165) is 37.7 Å². The molecule has 0 unspecified atom stereocenters. The van der Waals surface area contributed by atoms with Gasteiger partial charge in [0.1, 0.15) is 11.1 Å². The van der Waals surface area contributed by atoms with Crippen molar-refractivity contribution in [3.8, 4) is 6.07 Å². The van der Waals surface area contributed by atoms with Crippen LogP contribution in [0.3, 0.4) is 0 Å². The van der Waals surface area contributed by atoms with Gasteiger partial charge in [-0.15, -0.1) is 11.3 Å². The number of carboxylic acid groups (broad SMARTS) is 1. The molecule has 1 amide bonds. The fourth-order valence-electron chi connectivity index (χ4n) is 4.29. The molecule has 0 spiro atoms. The van der Waals surface area contributed by atoms with Crippen LogP contribution in [-0.2, 0) is 27.2 Å². The predicted octanol–water partition coefficient (Wildman–Crippen LogP) is 2.32. The van der Waals surface area contributed by atoms with Crippen molar-refractivity contribution in [2.45, 2.75) is 50.7 Å². The topological polar surface area (TPSA) is 99.4 Å². The van der Waals surface area contributed by atoms with E-state index in [4.69, 9.17) is 4.74 Å². The van der Waals surface area contributed by atoms with Crippen LogP contribution in [0.4, 0.5) is 5.00 Å². The molecule has 4 rings (SSSR count). The van der Waals surface area contributed by atoms with Crippen molar-refractivity contribution in [1.82, 2.24) is 0 Å². The van der Waals surface area contributed by atoms with E-state index in [1.54, 1.807) is 0 Å². The first-order valence-corrected chi connectivity index (χ1v) is 9.15. The van der Waals surface area contributed by atoms with E-state index >= 15 is 0 Å². The largest absolute Gasteiger partial charge is 0.481 e. The molecule has 126 valence electrons. The van der Waals surface area contributed by atoms with Crippen molar-refractivity contribution < 1.29 is 19.4 Å². The third-order valence-corrected chi connectivity index (χ3v) is 6.59. The van der Waals surface area contributed by atoms with Crippen molar-refractivity contribution in [3.63, 3.8) is 0 Å². The van der Waals surface area contributed by atoms with Crippen LogP contribution in [0.15, 0.2) is 0 Å². The summed E-state index contributed by atoms with van der Waals surface area (Å²) in [6, 6.07) is 2.22. The van der Waals surface area contributed by atoms with Crippen LogP contribution in [0.5, 0.6) is 0 Å². The SMILES string of the molecule is N#Cc1c(NC(=O)[C@H]2[C@@H](C(=O)O)[C@@H]3CC[C@H]2O3)sc2c1CCCC2. The van der Waals surface area contributed by atoms with Gasteiger partial charge < -0.3 is 15.2 Å². The first-order valence-electron chi connectivity index (χ1n) is 8.34. The van der Waals surface area contributed by atoms with Gasteiger partial charge >= 0.3 is 5.97 Å². The quantitative estimate of drug-likeness (QED) is 0.875. The maximum atomic E-state index is 12.7. The van der Waals surface area contributed by atoms with E-state index in [1.807, 2.05) is 0 Å². The minimum absolute atomic E-state index is 0.323. The van der Waals surface area contributed by atoms with Gasteiger partial charge in [-0.3, -0.25) is 9.59 Å². The van der Waals surface area contributed by atoms with Crippen LogP contribution in [-0.4, -0.2) is 29.2 Å². The molecule has 1 aromatic rings. The van der Waals surface area contributed by atoms with Crippen molar-refractivity contribution in [2.75, 3.05) is 5.32 Å². The number of nitrogens with one attached hydrogen (secondary N) is 1. The summed E-state index contributed by atoms with van der Waals surface area (Å²) in [5, 5.41) is 22.3. The first-order chi connectivity index (χ1) is 11.6. The summed E-state index contributed by atoms with van der Waals surface area (Å²) in [5.41, 5.74) is 1.61. The average Bonchev–Trinajstić information content (AvgIpc) is 3.26.